The molecule has 4 rings (SSSR count). The Bertz CT molecular complexity index is 1160. The van der Waals surface area contributed by atoms with E-state index in [0.717, 1.165) is 46.4 Å². The van der Waals surface area contributed by atoms with Gasteiger partial charge in [-0.15, -0.1) is 10.2 Å². The van der Waals surface area contributed by atoms with E-state index in [9.17, 15) is 5.11 Å². The van der Waals surface area contributed by atoms with Crippen molar-refractivity contribution in [1.29, 1.82) is 0 Å². The Morgan fingerprint density at radius 3 is 2.47 bits per heavy atom. The standard InChI is InChI=1S/C24H26N6O2/c1-3-6-22-21(24(32-14-13-31)26-16(2)25-22)15-17-9-11-18(12-10-17)19-7-4-5-8-20(19)23-27-29-30-28-23/h4-5,7-12,31H,3,6,13-15H2,1-2H3,(H,27,28,29,30). The molecule has 0 saturated heterocycles. The Hall–Kier alpha value is -3.65. The van der Waals surface area contributed by atoms with Gasteiger partial charge in [0.15, 0.2) is 0 Å². The zero-order valence-corrected chi connectivity index (χ0v) is 18.2. The lowest BCUT2D eigenvalue weighted by molar-refractivity contribution is 0.195. The number of hydrogen-bond acceptors (Lipinski definition) is 7. The number of ether oxygens (including phenoxy) is 1. The molecule has 8 nitrogen and oxygen atoms in total. The summed E-state index contributed by atoms with van der Waals surface area (Å²) in [5, 5.41) is 23.6. The fraction of sp³-hybridized carbons (Fsp3) is 0.292. The summed E-state index contributed by atoms with van der Waals surface area (Å²) in [6, 6.07) is 16.4. The van der Waals surface area contributed by atoms with Crippen LogP contribution in [0.4, 0.5) is 0 Å². The molecule has 0 amide bonds. The van der Waals surface area contributed by atoms with Gasteiger partial charge in [0.2, 0.25) is 11.7 Å². The van der Waals surface area contributed by atoms with Gasteiger partial charge in [-0.2, -0.15) is 10.2 Å². The predicted molar refractivity (Wildman–Crippen MR) is 121 cm³/mol. The Morgan fingerprint density at radius 2 is 1.78 bits per heavy atom. The summed E-state index contributed by atoms with van der Waals surface area (Å²) in [5.74, 6) is 1.80. The molecule has 32 heavy (non-hydrogen) atoms. The van der Waals surface area contributed by atoms with E-state index < -0.39 is 0 Å². The zero-order chi connectivity index (χ0) is 22.3. The Balaban J connectivity index is 1.64. The molecule has 0 bridgehead atoms. The van der Waals surface area contributed by atoms with Crippen LogP contribution in [0, 0.1) is 6.92 Å². The number of aromatic amines is 1. The summed E-state index contributed by atoms with van der Waals surface area (Å²) in [6.07, 6.45) is 2.49. The molecule has 0 spiro atoms. The molecule has 4 aromatic rings. The third kappa shape index (κ3) is 4.81. The molecule has 2 aromatic carbocycles. The highest BCUT2D eigenvalue weighted by Gasteiger charge is 2.16. The summed E-state index contributed by atoms with van der Waals surface area (Å²) < 4.78 is 5.75. The summed E-state index contributed by atoms with van der Waals surface area (Å²) in [6.45, 7) is 4.15. The number of aromatic nitrogens is 6. The van der Waals surface area contributed by atoms with Gasteiger partial charge in [0, 0.05) is 17.5 Å². The van der Waals surface area contributed by atoms with Gasteiger partial charge in [-0.05, 0) is 35.2 Å². The van der Waals surface area contributed by atoms with Crippen molar-refractivity contribution in [2.75, 3.05) is 13.2 Å². The number of aliphatic hydroxyl groups excluding tert-OH is 1. The van der Waals surface area contributed by atoms with Gasteiger partial charge >= 0.3 is 0 Å². The van der Waals surface area contributed by atoms with Gasteiger partial charge in [0.25, 0.3) is 0 Å². The molecular formula is C24H26N6O2. The number of hydrogen-bond donors (Lipinski definition) is 2. The van der Waals surface area contributed by atoms with Crippen LogP contribution in [0.3, 0.4) is 0 Å². The van der Waals surface area contributed by atoms with Gasteiger partial charge in [-0.25, -0.2) is 4.98 Å². The number of aliphatic hydroxyl groups is 1. The third-order valence-corrected chi connectivity index (χ3v) is 5.14. The van der Waals surface area contributed by atoms with Crippen LogP contribution in [0.15, 0.2) is 48.5 Å². The van der Waals surface area contributed by atoms with Gasteiger partial charge in [0.05, 0.1) is 12.3 Å². The first-order chi connectivity index (χ1) is 15.7. The van der Waals surface area contributed by atoms with Crippen molar-refractivity contribution < 1.29 is 9.84 Å². The topological polar surface area (TPSA) is 110 Å². The van der Waals surface area contributed by atoms with Crippen LogP contribution >= 0.6 is 0 Å². The summed E-state index contributed by atoms with van der Waals surface area (Å²) >= 11 is 0. The monoisotopic (exact) mass is 430 g/mol. The van der Waals surface area contributed by atoms with Crippen LogP contribution in [0.5, 0.6) is 5.88 Å². The first-order valence-corrected chi connectivity index (χ1v) is 10.7. The molecule has 0 aliphatic carbocycles. The molecule has 8 heteroatoms. The molecule has 0 aliphatic heterocycles. The Labute approximate surface area is 186 Å². The SMILES string of the molecule is CCCc1nc(C)nc(OCCO)c1Cc1ccc(-c2ccccc2-c2nn[nH]n2)cc1. The number of rotatable bonds is 9. The number of benzene rings is 2. The molecule has 0 fully saturated rings. The normalized spacial score (nSPS) is 11.0. The minimum atomic E-state index is -0.0555. The number of nitrogens with one attached hydrogen (secondary N) is 1. The van der Waals surface area contributed by atoms with Crippen molar-refractivity contribution in [2.45, 2.75) is 33.1 Å². The lowest BCUT2D eigenvalue weighted by atomic mass is 9.96. The fourth-order valence-corrected chi connectivity index (χ4v) is 3.72. The third-order valence-electron chi connectivity index (χ3n) is 5.14. The second kappa shape index (κ2) is 10.1. The second-order valence-corrected chi connectivity index (χ2v) is 7.48. The highest BCUT2D eigenvalue weighted by molar-refractivity contribution is 5.80. The number of H-pyrrole nitrogens is 1. The highest BCUT2D eigenvalue weighted by atomic mass is 16.5. The maximum absolute atomic E-state index is 9.20. The van der Waals surface area contributed by atoms with Gasteiger partial charge in [-0.3, -0.25) is 0 Å². The Morgan fingerprint density at radius 1 is 1.00 bits per heavy atom. The van der Waals surface area contributed by atoms with E-state index in [1.165, 1.54) is 0 Å². The number of aryl methyl sites for hydroxylation is 2. The van der Waals surface area contributed by atoms with E-state index in [2.05, 4.69) is 67.8 Å². The van der Waals surface area contributed by atoms with E-state index in [0.29, 0.717) is 23.9 Å². The average molecular weight is 431 g/mol. The molecule has 164 valence electrons. The van der Waals surface area contributed by atoms with Crippen LogP contribution in [-0.2, 0) is 12.8 Å². The number of nitrogens with zero attached hydrogens (tertiary/aromatic N) is 5. The van der Waals surface area contributed by atoms with Crippen molar-refractivity contribution >= 4 is 0 Å². The van der Waals surface area contributed by atoms with Crippen molar-refractivity contribution in [3.8, 4) is 28.4 Å². The van der Waals surface area contributed by atoms with E-state index in [1.54, 1.807) is 0 Å². The first-order valence-electron chi connectivity index (χ1n) is 10.7. The minimum Gasteiger partial charge on any atom is -0.475 e. The quantitative estimate of drug-likeness (QED) is 0.418. The average Bonchev–Trinajstić information content (AvgIpc) is 3.35. The van der Waals surface area contributed by atoms with Crippen LogP contribution in [0.2, 0.25) is 0 Å². The fourth-order valence-electron chi connectivity index (χ4n) is 3.72. The smallest absolute Gasteiger partial charge is 0.220 e. The van der Waals surface area contributed by atoms with Crippen molar-refractivity contribution in [3.63, 3.8) is 0 Å². The summed E-state index contributed by atoms with van der Waals surface area (Å²) in [5.41, 5.74) is 6.14. The minimum absolute atomic E-state index is 0.0555. The molecular weight excluding hydrogens is 404 g/mol. The molecule has 0 aliphatic rings. The predicted octanol–water partition coefficient (Wildman–Crippen LogP) is 3.55. The van der Waals surface area contributed by atoms with E-state index >= 15 is 0 Å². The molecule has 2 N–H and O–H groups in total. The maximum Gasteiger partial charge on any atom is 0.220 e. The van der Waals surface area contributed by atoms with Gasteiger partial charge < -0.3 is 9.84 Å². The van der Waals surface area contributed by atoms with Crippen molar-refractivity contribution in [3.05, 3.63) is 71.2 Å². The molecule has 2 aromatic heterocycles. The van der Waals surface area contributed by atoms with Crippen molar-refractivity contribution in [1.82, 2.24) is 30.6 Å². The highest BCUT2D eigenvalue weighted by Crippen LogP contribution is 2.31. The van der Waals surface area contributed by atoms with Crippen LogP contribution < -0.4 is 4.74 Å². The zero-order valence-electron chi connectivity index (χ0n) is 18.2. The van der Waals surface area contributed by atoms with Gasteiger partial charge in [0.1, 0.15) is 12.4 Å². The lowest BCUT2D eigenvalue weighted by Gasteiger charge is -2.15. The van der Waals surface area contributed by atoms with Crippen LogP contribution in [-0.4, -0.2) is 48.9 Å². The molecule has 0 atom stereocenters. The van der Waals surface area contributed by atoms with Gasteiger partial charge in [-0.1, -0.05) is 61.9 Å². The van der Waals surface area contributed by atoms with E-state index in [-0.39, 0.29) is 13.2 Å². The van der Waals surface area contributed by atoms with E-state index in [1.807, 2.05) is 25.1 Å². The Kier molecular flexibility index (Phi) is 6.81. The van der Waals surface area contributed by atoms with E-state index in [4.69, 9.17) is 4.74 Å². The first kappa shape index (κ1) is 21.6. The molecule has 0 unspecified atom stereocenters. The lowest BCUT2D eigenvalue weighted by Crippen LogP contribution is -2.11. The molecule has 2 heterocycles. The summed E-state index contributed by atoms with van der Waals surface area (Å²) in [7, 11) is 0. The van der Waals surface area contributed by atoms with Crippen molar-refractivity contribution in [2.24, 2.45) is 0 Å². The van der Waals surface area contributed by atoms with Crippen LogP contribution in [0.1, 0.15) is 36.0 Å². The summed E-state index contributed by atoms with van der Waals surface area (Å²) in [4.78, 5) is 9.14. The maximum atomic E-state index is 9.20. The molecule has 0 saturated carbocycles. The number of tetrazole rings is 1. The second-order valence-electron chi connectivity index (χ2n) is 7.48. The molecule has 0 radical (unpaired) electrons. The van der Waals surface area contributed by atoms with Crippen LogP contribution in [0.25, 0.3) is 22.5 Å². The largest absolute Gasteiger partial charge is 0.475 e.